The van der Waals surface area contributed by atoms with Crippen LogP contribution in [0.2, 0.25) is 0 Å². The molecule has 0 saturated carbocycles. The molecule has 0 saturated heterocycles. The van der Waals surface area contributed by atoms with Gasteiger partial charge in [0.15, 0.2) is 5.58 Å². The van der Waals surface area contributed by atoms with Crippen molar-refractivity contribution in [1.82, 2.24) is 9.38 Å². The molecule has 3 heteroatoms. The largest absolute Gasteiger partial charge is 0.454 e. The second-order valence-electron chi connectivity index (χ2n) is 10.4. The zero-order valence-corrected chi connectivity index (χ0v) is 21.5. The number of nitrogens with zero attached hydrogens (tertiary/aromatic N) is 2. The van der Waals surface area contributed by atoms with Crippen molar-refractivity contribution in [2.75, 3.05) is 0 Å². The summed E-state index contributed by atoms with van der Waals surface area (Å²) in [5, 5.41) is 5.72. The number of imidazole rings is 1. The molecule has 0 bridgehead atoms. The third-order valence-corrected chi connectivity index (χ3v) is 8.14. The lowest BCUT2D eigenvalue weighted by Gasteiger charge is -2.08. The molecule has 0 fully saturated rings. The molecule has 0 radical (unpaired) electrons. The van der Waals surface area contributed by atoms with Gasteiger partial charge < -0.3 is 4.42 Å². The molecule has 6 aromatic carbocycles. The number of benzene rings is 6. The zero-order chi connectivity index (χ0) is 26.2. The van der Waals surface area contributed by atoms with Gasteiger partial charge in [-0.3, -0.25) is 4.40 Å². The Bertz CT molecular complexity index is 2430. The number of furan rings is 1. The lowest BCUT2D eigenvalue weighted by Crippen LogP contribution is -1.89. The van der Waals surface area contributed by atoms with Gasteiger partial charge in [-0.25, -0.2) is 4.98 Å². The molecule has 0 N–H and O–H groups in total. The fraction of sp³-hybridized carbons (Fsp3) is 0. The Morgan fingerprint density at radius 1 is 0.500 bits per heavy atom. The Morgan fingerprint density at radius 3 is 1.98 bits per heavy atom. The van der Waals surface area contributed by atoms with E-state index in [-0.39, 0.29) is 0 Å². The topological polar surface area (TPSA) is 30.4 Å². The highest BCUT2D eigenvalue weighted by Crippen LogP contribution is 2.39. The fourth-order valence-electron chi connectivity index (χ4n) is 6.21. The van der Waals surface area contributed by atoms with Crippen LogP contribution in [0, 0.1) is 0 Å². The second kappa shape index (κ2) is 8.05. The maximum Gasteiger partial charge on any atom is 0.160 e. The van der Waals surface area contributed by atoms with Gasteiger partial charge in [0.25, 0.3) is 0 Å². The van der Waals surface area contributed by atoms with Crippen LogP contribution in [-0.2, 0) is 0 Å². The van der Waals surface area contributed by atoms with Gasteiger partial charge in [0.2, 0.25) is 0 Å². The summed E-state index contributed by atoms with van der Waals surface area (Å²) in [5.41, 5.74) is 10.7. The van der Waals surface area contributed by atoms with Gasteiger partial charge in [-0.1, -0.05) is 97.1 Å². The monoisotopic (exact) mass is 510 g/mol. The number of fused-ring (bicyclic) bond motifs is 11. The van der Waals surface area contributed by atoms with Crippen LogP contribution in [0.1, 0.15) is 0 Å². The lowest BCUT2D eigenvalue weighted by atomic mass is 9.97. The van der Waals surface area contributed by atoms with E-state index < -0.39 is 0 Å². The predicted octanol–water partition coefficient (Wildman–Crippen LogP) is 10.0. The van der Waals surface area contributed by atoms with Crippen molar-refractivity contribution >= 4 is 60.3 Å². The van der Waals surface area contributed by atoms with Gasteiger partial charge in [-0.15, -0.1) is 0 Å². The molecule has 0 unspecified atom stereocenters. The minimum absolute atomic E-state index is 0.877. The lowest BCUT2D eigenvalue weighted by molar-refractivity contribution is 0.672. The molecule has 3 aromatic heterocycles. The first-order valence-electron chi connectivity index (χ1n) is 13.6. The van der Waals surface area contributed by atoms with Crippen LogP contribution in [0.15, 0.2) is 138 Å². The van der Waals surface area contributed by atoms with Gasteiger partial charge in [0.1, 0.15) is 16.7 Å². The molecule has 186 valence electrons. The van der Waals surface area contributed by atoms with Gasteiger partial charge >= 0.3 is 0 Å². The average molecular weight is 511 g/mol. The van der Waals surface area contributed by atoms with Crippen LogP contribution in [0.5, 0.6) is 0 Å². The molecule has 3 nitrogen and oxygen atoms in total. The fourth-order valence-corrected chi connectivity index (χ4v) is 6.21. The highest BCUT2D eigenvalue weighted by Gasteiger charge is 2.19. The van der Waals surface area contributed by atoms with Gasteiger partial charge in [0, 0.05) is 16.2 Å². The maximum atomic E-state index is 6.56. The van der Waals surface area contributed by atoms with Crippen molar-refractivity contribution in [3.63, 3.8) is 0 Å². The molecule has 0 aliphatic heterocycles. The molecular formula is C37H22N2O. The minimum atomic E-state index is 0.877. The molecule has 0 aliphatic rings. The number of para-hydroxylation sites is 2. The van der Waals surface area contributed by atoms with Crippen LogP contribution in [-0.4, -0.2) is 9.38 Å². The van der Waals surface area contributed by atoms with E-state index in [9.17, 15) is 0 Å². The van der Waals surface area contributed by atoms with Crippen molar-refractivity contribution < 1.29 is 4.42 Å². The third-order valence-electron chi connectivity index (χ3n) is 8.14. The number of pyridine rings is 1. The van der Waals surface area contributed by atoms with Crippen LogP contribution in [0.3, 0.4) is 0 Å². The molecule has 0 atom stereocenters. The van der Waals surface area contributed by atoms with Crippen molar-refractivity contribution in [2.24, 2.45) is 0 Å². The summed E-state index contributed by atoms with van der Waals surface area (Å²) in [6.45, 7) is 0. The summed E-state index contributed by atoms with van der Waals surface area (Å²) < 4.78 is 8.83. The number of hydrogen-bond donors (Lipinski definition) is 0. The Kier molecular flexibility index (Phi) is 4.33. The maximum absolute atomic E-state index is 6.56. The van der Waals surface area contributed by atoms with E-state index in [2.05, 4.69) is 132 Å². The van der Waals surface area contributed by atoms with Gasteiger partial charge in [-0.2, -0.15) is 0 Å². The Hall–Kier alpha value is -5.41. The summed E-state index contributed by atoms with van der Waals surface area (Å²) in [6.07, 6.45) is 0. The van der Waals surface area contributed by atoms with E-state index in [1.807, 2.05) is 6.07 Å². The minimum Gasteiger partial charge on any atom is -0.454 e. The number of hydrogen-bond acceptors (Lipinski definition) is 2. The molecule has 40 heavy (non-hydrogen) atoms. The Morgan fingerprint density at radius 2 is 1.15 bits per heavy atom. The molecule has 3 heterocycles. The molecule has 0 aliphatic carbocycles. The van der Waals surface area contributed by atoms with Crippen molar-refractivity contribution in [3.8, 4) is 22.3 Å². The van der Waals surface area contributed by atoms with E-state index in [0.717, 1.165) is 55.1 Å². The quantitative estimate of drug-likeness (QED) is 0.232. The molecule has 0 amide bonds. The van der Waals surface area contributed by atoms with Crippen LogP contribution < -0.4 is 0 Å². The summed E-state index contributed by atoms with van der Waals surface area (Å²) in [5.74, 6) is 0. The zero-order valence-electron chi connectivity index (χ0n) is 21.5. The summed E-state index contributed by atoms with van der Waals surface area (Å²) in [4.78, 5) is 5.04. The number of aromatic nitrogens is 2. The van der Waals surface area contributed by atoms with E-state index >= 15 is 0 Å². The van der Waals surface area contributed by atoms with Crippen molar-refractivity contribution in [1.29, 1.82) is 0 Å². The van der Waals surface area contributed by atoms with Gasteiger partial charge in [0.05, 0.1) is 11.0 Å². The normalized spacial score (nSPS) is 12.0. The third kappa shape index (κ3) is 3.03. The Balaban J connectivity index is 1.29. The van der Waals surface area contributed by atoms with E-state index in [1.165, 1.54) is 27.5 Å². The standard InChI is InChI=1S/C37H22N2O/c1-2-8-23(9-3-1)24-14-15-26-21-27(17-16-25(26)20-24)28-18-19-34-31(22-28)35-36(40-34)29-10-4-5-11-30(29)37-38-32-12-6-7-13-33(32)39(35)37/h1-22H. The van der Waals surface area contributed by atoms with Crippen LogP contribution >= 0.6 is 0 Å². The first-order valence-corrected chi connectivity index (χ1v) is 13.6. The summed E-state index contributed by atoms with van der Waals surface area (Å²) >= 11 is 0. The molecule has 0 spiro atoms. The van der Waals surface area contributed by atoms with Crippen LogP contribution in [0.25, 0.3) is 82.5 Å². The molecular weight excluding hydrogens is 488 g/mol. The predicted molar refractivity (Wildman–Crippen MR) is 166 cm³/mol. The van der Waals surface area contributed by atoms with Gasteiger partial charge in [-0.05, 0) is 69.4 Å². The van der Waals surface area contributed by atoms with E-state index in [1.54, 1.807) is 0 Å². The SMILES string of the molecule is c1ccc(-c2ccc3cc(-c4ccc5oc6c7ccccc7c7nc8ccccc8n7c6c5c4)ccc3c2)cc1. The first-order chi connectivity index (χ1) is 19.8. The smallest absolute Gasteiger partial charge is 0.160 e. The van der Waals surface area contributed by atoms with Crippen LogP contribution in [0.4, 0.5) is 0 Å². The van der Waals surface area contributed by atoms with Crippen molar-refractivity contribution in [3.05, 3.63) is 133 Å². The average Bonchev–Trinajstić information content (AvgIpc) is 3.60. The highest BCUT2D eigenvalue weighted by atomic mass is 16.3. The summed E-state index contributed by atoms with van der Waals surface area (Å²) in [7, 11) is 0. The van der Waals surface area contributed by atoms with Crippen molar-refractivity contribution in [2.45, 2.75) is 0 Å². The van der Waals surface area contributed by atoms with E-state index in [4.69, 9.17) is 9.40 Å². The molecule has 9 rings (SSSR count). The second-order valence-corrected chi connectivity index (χ2v) is 10.4. The number of rotatable bonds is 2. The van der Waals surface area contributed by atoms with E-state index in [0.29, 0.717) is 0 Å². The first kappa shape index (κ1) is 21.5. The summed E-state index contributed by atoms with van der Waals surface area (Å²) in [6, 6.07) is 47.2. The highest BCUT2D eigenvalue weighted by molar-refractivity contribution is 6.19. The molecule has 9 aromatic rings. The Labute approximate surface area is 229 Å².